The molecule has 5 amide bonds. The van der Waals surface area contributed by atoms with Crippen LogP contribution in [0.1, 0.15) is 161 Å². The smallest absolute Gasteiger partial charge is 0.407 e. The number of hydrogen-bond acceptors (Lipinski definition) is 26. The number of allylic oxidation sites excluding steroid dienone is 6. The van der Waals surface area contributed by atoms with Crippen LogP contribution in [0.4, 0.5) is 10.5 Å². The van der Waals surface area contributed by atoms with Crippen LogP contribution in [0.2, 0.25) is 0 Å². The lowest BCUT2D eigenvalue weighted by molar-refractivity contribution is -0.265. The first-order valence-electron chi connectivity index (χ1n) is 42.5. The number of fused-ring (bicyclic) bond motifs is 5. The number of aliphatic hydroxyl groups excluding tert-OH is 1. The second-order valence-electron chi connectivity index (χ2n) is 31.6. The quantitative estimate of drug-likeness (QED) is 0.00799. The molecule has 15 atom stereocenters. The van der Waals surface area contributed by atoms with Gasteiger partial charge >= 0.3 is 18.0 Å². The van der Waals surface area contributed by atoms with Crippen molar-refractivity contribution in [3.05, 3.63) is 113 Å². The Bertz CT molecular complexity index is 3860. The molecule has 5 aliphatic rings. The Hall–Kier alpha value is -7.68. The normalized spacial score (nSPS) is 27.2. The summed E-state index contributed by atoms with van der Waals surface area (Å²) in [5.74, 6) is -2.62. The summed E-state index contributed by atoms with van der Waals surface area (Å²) < 4.78 is 68.6. The number of methoxy groups -OCH3 is 3. The summed E-state index contributed by atoms with van der Waals surface area (Å²) in [5.41, 5.74) is 4.52. The second-order valence-corrected chi connectivity index (χ2v) is 34.3. The van der Waals surface area contributed by atoms with E-state index in [2.05, 4.69) is 27.8 Å². The van der Waals surface area contributed by atoms with Crippen LogP contribution in [0.5, 0.6) is 0 Å². The number of benzene rings is 2. The molecule has 2 aromatic rings. The van der Waals surface area contributed by atoms with Crippen LogP contribution in [0.15, 0.2) is 96.1 Å². The highest BCUT2D eigenvalue weighted by Crippen LogP contribution is 2.39. The number of alkyl carbamates (subject to hydrolysis) is 1. The number of ether oxygens (including phenoxy) is 12. The lowest BCUT2D eigenvalue weighted by Crippen LogP contribution is -2.61. The fourth-order valence-corrected chi connectivity index (χ4v) is 17.1. The average Bonchev–Trinajstić information content (AvgIpc) is 0.773. The van der Waals surface area contributed by atoms with E-state index in [9.17, 15) is 58.2 Å². The molecule has 5 N–H and O–H groups in total. The molecular formula is C90H129N5O24S2. The summed E-state index contributed by atoms with van der Waals surface area (Å²) in [6, 6.07) is 14.1. The van der Waals surface area contributed by atoms with Crippen molar-refractivity contribution in [1.82, 2.24) is 20.9 Å². The number of ketones is 3. The van der Waals surface area contributed by atoms with Gasteiger partial charge in [0.05, 0.1) is 96.4 Å². The third-order valence-electron chi connectivity index (χ3n) is 22.4. The summed E-state index contributed by atoms with van der Waals surface area (Å²) >= 11 is 0. The van der Waals surface area contributed by atoms with Gasteiger partial charge in [-0.15, -0.1) is 0 Å². The number of amides is 5. The number of piperidine rings is 1. The van der Waals surface area contributed by atoms with Gasteiger partial charge in [-0.25, -0.2) is 9.59 Å². The highest BCUT2D eigenvalue weighted by Gasteiger charge is 2.53. The van der Waals surface area contributed by atoms with Crippen molar-refractivity contribution in [3.63, 3.8) is 0 Å². The number of carbonyl (C=O) groups is 10. The highest BCUT2D eigenvalue weighted by molar-refractivity contribution is 8.76. The number of rotatable bonds is 37. The SMILES string of the molecule is CO[C@H]1C[C@@H]2CC[C@@H](C)[C@@](O)(O2)C(=O)C(=O)N2CCCC[C@H]2C(=O)O[C@H]([C@H](C)C[C@@H]2CC[C@@H](OC(=O)CCC(=O)NCCSSCCNC(=O)OCCOCCOCCOCCOCCOCC(=O)NCCC(=O)N3Cc4ccccc4C#Cc4ccccc43)[C@H](OC)C2)CC(=O)[C@H](C)/C=C(\C)[C@@H](O)[C@@H](OC)C(=O)[C@H](C)C[C@H](C)/C=C/C=C/C=C/1C. The van der Waals surface area contributed by atoms with Gasteiger partial charge in [-0.2, -0.15) is 0 Å². The van der Waals surface area contributed by atoms with E-state index < -0.39 is 108 Å². The van der Waals surface area contributed by atoms with Crippen LogP contribution >= 0.6 is 21.6 Å². The van der Waals surface area contributed by atoms with E-state index in [0.29, 0.717) is 134 Å². The molecule has 2 aromatic carbocycles. The molecule has 1 aliphatic carbocycles. The molecule has 29 nitrogen and oxygen atoms in total. The average molecular weight is 1730 g/mol. The van der Waals surface area contributed by atoms with Crippen molar-refractivity contribution in [1.29, 1.82) is 0 Å². The predicted molar refractivity (Wildman–Crippen MR) is 457 cm³/mol. The monoisotopic (exact) mass is 1730 g/mol. The third kappa shape index (κ3) is 33.7. The number of hydrogen-bond donors (Lipinski definition) is 5. The Morgan fingerprint density at radius 3 is 2.02 bits per heavy atom. The van der Waals surface area contributed by atoms with Crippen LogP contribution in [0.25, 0.3) is 0 Å². The molecule has 121 heavy (non-hydrogen) atoms. The van der Waals surface area contributed by atoms with Crippen LogP contribution in [-0.4, -0.2) is 260 Å². The summed E-state index contributed by atoms with van der Waals surface area (Å²) in [7, 11) is 7.47. The van der Waals surface area contributed by atoms with Crippen LogP contribution in [0.3, 0.4) is 0 Å². The van der Waals surface area contributed by atoms with E-state index in [1.54, 1.807) is 45.8 Å². The maximum Gasteiger partial charge on any atom is 0.407 e. The first-order chi connectivity index (χ1) is 58.2. The van der Waals surface area contributed by atoms with Gasteiger partial charge in [-0.1, -0.05) is 135 Å². The Morgan fingerprint density at radius 2 is 1.32 bits per heavy atom. The molecule has 4 aliphatic heterocycles. The third-order valence-corrected chi connectivity index (χ3v) is 24.8. The van der Waals surface area contributed by atoms with Crippen LogP contribution in [0, 0.1) is 47.3 Å². The van der Waals surface area contributed by atoms with E-state index >= 15 is 0 Å². The molecule has 3 fully saturated rings. The first kappa shape index (κ1) is 100. The van der Waals surface area contributed by atoms with Gasteiger partial charge < -0.3 is 92.8 Å². The lowest BCUT2D eigenvalue weighted by atomic mass is 9.78. The Morgan fingerprint density at radius 1 is 0.669 bits per heavy atom. The van der Waals surface area contributed by atoms with E-state index in [-0.39, 0.29) is 126 Å². The number of nitrogens with one attached hydrogen (secondary N) is 3. The van der Waals surface area contributed by atoms with Crippen molar-refractivity contribution < 1.29 is 115 Å². The summed E-state index contributed by atoms with van der Waals surface area (Å²) in [6.07, 6.45) is 8.84. The molecule has 2 saturated heterocycles. The maximum atomic E-state index is 14.8. The minimum absolute atomic E-state index is 0.0269. The Kier molecular flexibility index (Phi) is 44.9. The fourth-order valence-electron chi connectivity index (χ4n) is 15.3. The molecule has 0 unspecified atom stereocenters. The van der Waals surface area contributed by atoms with Crippen molar-refractivity contribution in [3.8, 4) is 11.8 Å². The number of esters is 2. The maximum absolute atomic E-state index is 14.8. The zero-order valence-electron chi connectivity index (χ0n) is 72.1. The molecule has 0 spiro atoms. The number of aliphatic hydroxyl groups is 2. The highest BCUT2D eigenvalue weighted by atomic mass is 33.1. The van der Waals surface area contributed by atoms with Gasteiger partial charge in [0.25, 0.3) is 11.7 Å². The van der Waals surface area contributed by atoms with E-state index in [0.717, 1.165) is 32.9 Å². The van der Waals surface area contributed by atoms with Crippen molar-refractivity contribution >= 4 is 86.3 Å². The standard InChI is InChI=1S/C90H129N5O24S2/c1-60-20-12-11-13-21-61(2)76(108-8)56-71-31-27-66(7)90(107,119-71)86(103)87(104)94-39-19-18-26-73(94)88(105)118-77(57-74(96)62(3)53-65(6)84(102)85(110-10)83(101)64(5)52-60)63(4)54-67-28-32-75(78(55-67)109-9)117-82(100)34-33-79(97)92-37-50-120-121-51-38-93-89(106)116-49-48-114-45-44-112-41-40-111-42-43-113-46-47-115-59-80(98)91-36-35-81(99)95-58-70-24-15-14-22-68(70)29-30-69-23-16-17-25-72(69)95/h11-17,20-25,53,60,62-64,66-67,71,73,75-78,84-85,102,107H,18-19,26-28,31-52,54-59H2,1-10H3,(H,91,98)(H,92,97)(H,93,106)/b13-11+,20-12+,61-21+,65-53+/t60-,62-,63-,64-,66-,67+,71+,73+,75-,76+,77+,78-,84-,85+,90-/m1/s1. The van der Waals surface area contributed by atoms with Gasteiger partial charge in [0, 0.05) is 114 Å². The van der Waals surface area contributed by atoms with Gasteiger partial charge in [0.15, 0.2) is 5.78 Å². The van der Waals surface area contributed by atoms with Gasteiger partial charge in [-0.05, 0) is 131 Å². The lowest BCUT2D eigenvalue weighted by Gasteiger charge is -2.42. The largest absolute Gasteiger partial charge is 0.460 e. The summed E-state index contributed by atoms with van der Waals surface area (Å²) in [4.78, 5) is 139. The predicted octanol–water partition coefficient (Wildman–Crippen LogP) is 9.27. The molecule has 0 aromatic heterocycles. The van der Waals surface area contributed by atoms with Crippen molar-refractivity contribution in [2.45, 2.75) is 206 Å². The van der Waals surface area contributed by atoms with Crippen molar-refractivity contribution in [2.75, 3.05) is 137 Å². The van der Waals surface area contributed by atoms with E-state index in [4.69, 9.17) is 56.8 Å². The number of nitrogens with zero attached hydrogens (tertiary/aromatic N) is 2. The molecule has 31 heteroatoms. The van der Waals surface area contributed by atoms with E-state index in [1.165, 1.54) is 35.8 Å². The molecule has 670 valence electrons. The molecule has 4 heterocycles. The molecule has 2 bridgehead atoms. The zero-order chi connectivity index (χ0) is 87.6. The zero-order valence-corrected chi connectivity index (χ0v) is 73.7. The minimum Gasteiger partial charge on any atom is -0.460 e. The molecule has 1 saturated carbocycles. The minimum atomic E-state index is -2.49. The Balaban J connectivity index is 0.740. The summed E-state index contributed by atoms with van der Waals surface area (Å²) in [5, 5.41) is 32.0. The number of para-hydroxylation sites is 1. The van der Waals surface area contributed by atoms with Gasteiger partial charge in [0.2, 0.25) is 23.5 Å². The molecule has 7 rings (SSSR count). The van der Waals surface area contributed by atoms with E-state index in [1.807, 2.05) is 99.7 Å². The number of carbonyl (C=O) groups excluding carboxylic acids is 10. The molecule has 0 radical (unpaired) electrons. The Labute approximate surface area is 721 Å². The van der Waals surface area contributed by atoms with Gasteiger partial charge in [-0.3, -0.25) is 38.4 Å². The number of cyclic esters (lactones) is 1. The second kappa shape index (κ2) is 54.2. The van der Waals surface area contributed by atoms with Crippen LogP contribution in [-0.2, 0) is 107 Å². The van der Waals surface area contributed by atoms with Crippen molar-refractivity contribution in [2.24, 2.45) is 35.5 Å². The van der Waals surface area contributed by atoms with Gasteiger partial charge in [0.1, 0.15) is 49.5 Å². The first-order valence-corrected chi connectivity index (χ1v) is 45.0. The summed E-state index contributed by atoms with van der Waals surface area (Å²) in [6.45, 7) is 16.3. The molecular weight excluding hydrogens is 1600 g/mol. The number of Topliss-reactive ketones (excluding diaryl/α,β-unsaturated/α-hetero) is 3. The fraction of sp³-hybridized carbons (Fsp3) is 0.644. The number of anilines is 1. The topological polar surface area (TPSA) is 364 Å². The van der Waals surface area contributed by atoms with Crippen LogP contribution < -0.4 is 20.9 Å².